The number of fused-ring (bicyclic) bond motifs is 1. The molecule has 2 aromatic carbocycles. The summed E-state index contributed by atoms with van der Waals surface area (Å²) in [5.41, 5.74) is 6.75. The Morgan fingerprint density at radius 1 is 1.33 bits per heavy atom. The van der Waals surface area contributed by atoms with Crippen molar-refractivity contribution >= 4 is 22.4 Å². The Bertz CT molecular complexity index is 579. The lowest BCUT2D eigenvalue weighted by Gasteiger charge is -2.10. The van der Waals surface area contributed by atoms with E-state index < -0.39 is 6.10 Å². The Balaban J connectivity index is 2.32. The first-order valence-electron chi connectivity index (χ1n) is 5.82. The summed E-state index contributed by atoms with van der Waals surface area (Å²) in [6.45, 7) is 1.83. The van der Waals surface area contributed by atoms with E-state index in [0.717, 1.165) is 10.8 Å². The van der Waals surface area contributed by atoms with Crippen LogP contribution < -0.4 is 11.1 Å². The highest BCUT2D eigenvalue weighted by atomic mass is 16.3. The van der Waals surface area contributed by atoms with Gasteiger partial charge in [0, 0.05) is 12.2 Å². The number of carbonyl (C=O) groups excluding carboxylic acids is 1. The van der Waals surface area contributed by atoms with E-state index in [4.69, 9.17) is 10.8 Å². The highest BCUT2D eigenvalue weighted by Gasteiger charge is 2.11. The van der Waals surface area contributed by atoms with Gasteiger partial charge in [0.25, 0.3) is 5.91 Å². The van der Waals surface area contributed by atoms with Gasteiger partial charge in [0.05, 0.1) is 11.7 Å². The standard InChI is InChI=1S/C14H16N2O2/c1-9(17)8-16-14(18)12-6-10-4-2-3-5-11(10)7-13(12)15/h2-7,9,17H,8,15H2,1H3,(H,16,18). The molecule has 0 aliphatic rings. The van der Waals surface area contributed by atoms with Gasteiger partial charge in [-0.3, -0.25) is 4.79 Å². The average molecular weight is 244 g/mol. The molecule has 1 amide bonds. The summed E-state index contributed by atoms with van der Waals surface area (Å²) in [5, 5.41) is 13.7. The van der Waals surface area contributed by atoms with Crippen LogP contribution in [0.2, 0.25) is 0 Å². The first kappa shape index (κ1) is 12.4. The third kappa shape index (κ3) is 2.60. The van der Waals surface area contributed by atoms with Crippen LogP contribution in [0.3, 0.4) is 0 Å². The van der Waals surface area contributed by atoms with Crippen molar-refractivity contribution in [2.75, 3.05) is 12.3 Å². The van der Waals surface area contributed by atoms with Crippen LogP contribution in [0.1, 0.15) is 17.3 Å². The maximum absolute atomic E-state index is 11.9. The lowest BCUT2D eigenvalue weighted by Crippen LogP contribution is -2.31. The van der Waals surface area contributed by atoms with E-state index in [1.54, 1.807) is 19.1 Å². The van der Waals surface area contributed by atoms with Gasteiger partial charge in [-0.25, -0.2) is 0 Å². The van der Waals surface area contributed by atoms with Crippen molar-refractivity contribution in [3.8, 4) is 0 Å². The molecule has 4 N–H and O–H groups in total. The molecule has 0 saturated carbocycles. The molecule has 2 aromatic rings. The van der Waals surface area contributed by atoms with Gasteiger partial charge in [-0.2, -0.15) is 0 Å². The predicted molar refractivity (Wildman–Crippen MR) is 72.4 cm³/mol. The number of nitrogens with one attached hydrogen (secondary N) is 1. The van der Waals surface area contributed by atoms with Crippen LogP contribution in [0.5, 0.6) is 0 Å². The van der Waals surface area contributed by atoms with Crippen LogP contribution >= 0.6 is 0 Å². The second kappa shape index (κ2) is 5.06. The summed E-state index contributed by atoms with van der Waals surface area (Å²) in [6, 6.07) is 11.3. The molecule has 0 saturated heterocycles. The number of hydrogen-bond donors (Lipinski definition) is 3. The van der Waals surface area contributed by atoms with Gasteiger partial charge in [-0.05, 0) is 29.8 Å². The number of rotatable bonds is 3. The number of benzene rings is 2. The molecule has 0 aliphatic heterocycles. The van der Waals surface area contributed by atoms with E-state index in [0.29, 0.717) is 11.3 Å². The largest absolute Gasteiger partial charge is 0.398 e. The summed E-state index contributed by atoms with van der Waals surface area (Å²) in [6.07, 6.45) is -0.573. The van der Waals surface area contributed by atoms with Crippen LogP contribution in [-0.2, 0) is 0 Å². The molecular weight excluding hydrogens is 228 g/mol. The van der Waals surface area contributed by atoms with Gasteiger partial charge in [-0.1, -0.05) is 24.3 Å². The van der Waals surface area contributed by atoms with Gasteiger partial charge < -0.3 is 16.2 Å². The van der Waals surface area contributed by atoms with Crippen molar-refractivity contribution < 1.29 is 9.90 Å². The number of nitrogens with two attached hydrogens (primary N) is 1. The predicted octanol–water partition coefficient (Wildman–Crippen LogP) is 1.53. The maximum atomic E-state index is 11.9. The van der Waals surface area contributed by atoms with Gasteiger partial charge >= 0.3 is 0 Å². The summed E-state index contributed by atoms with van der Waals surface area (Å²) in [5.74, 6) is -0.265. The van der Waals surface area contributed by atoms with E-state index in [2.05, 4.69) is 5.32 Å². The zero-order valence-electron chi connectivity index (χ0n) is 10.2. The average Bonchev–Trinajstić information content (AvgIpc) is 2.35. The van der Waals surface area contributed by atoms with Crippen molar-refractivity contribution in [2.24, 2.45) is 0 Å². The molecule has 94 valence electrons. The van der Waals surface area contributed by atoms with Crippen LogP contribution in [0.15, 0.2) is 36.4 Å². The Kier molecular flexibility index (Phi) is 3.48. The fourth-order valence-electron chi connectivity index (χ4n) is 1.79. The molecule has 1 atom stereocenters. The van der Waals surface area contributed by atoms with Crippen molar-refractivity contribution in [1.82, 2.24) is 5.32 Å². The van der Waals surface area contributed by atoms with Crippen molar-refractivity contribution in [3.63, 3.8) is 0 Å². The van der Waals surface area contributed by atoms with Gasteiger partial charge in [0.2, 0.25) is 0 Å². The first-order valence-corrected chi connectivity index (χ1v) is 5.82. The first-order chi connectivity index (χ1) is 8.58. The number of hydrogen-bond acceptors (Lipinski definition) is 3. The van der Waals surface area contributed by atoms with Gasteiger partial charge in [0.15, 0.2) is 0 Å². The maximum Gasteiger partial charge on any atom is 0.253 e. The van der Waals surface area contributed by atoms with Crippen LogP contribution in [-0.4, -0.2) is 23.7 Å². The summed E-state index contributed by atoms with van der Waals surface area (Å²) in [4.78, 5) is 11.9. The molecule has 0 fully saturated rings. The SMILES string of the molecule is CC(O)CNC(=O)c1cc2ccccc2cc1N. The minimum absolute atomic E-state index is 0.213. The zero-order chi connectivity index (χ0) is 13.1. The molecular formula is C14H16N2O2. The number of nitrogen functional groups attached to an aromatic ring is 1. The highest BCUT2D eigenvalue weighted by molar-refractivity contribution is 6.03. The van der Waals surface area contributed by atoms with Crippen molar-refractivity contribution in [3.05, 3.63) is 42.0 Å². The van der Waals surface area contributed by atoms with E-state index >= 15 is 0 Å². The molecule has 4 heteroatoms. The Morgan fingerprint density at radius 2 is 1.94 bits per heavy atom. The lowest BCUT2D eigenvalue weighted by molar-refractivity contribution is 0.0925. The second-order valence-electron chi connectivity index (χ2n) is 4.35. The van der Waals surface area contributed by atoms with Gasteiger partial charge in [-0.15, -0.1) is 0 Å². The van der Waals surface area contributed by atoms with Crippen molar-refractivity contribution in [2.45, 2.75) is 13.0 Å². The molecule has 0 radical (unpaired) electrons. The minimum atomic E-state index is -0.573. The molecule has 0 spiro atoms. The lowest BCUT2D eigenvalue weighted by atomic mass is 10.0. The fraction of sp³-hybridized carbons (Fsp3) is 0.214. The quantitative estimate of drug-likeness (QED) is 0.717. The Labute approximate surface area is 105 Å². The molecule has 0 aliphatic carbocycles. The summed E-state index contributed by atoms with van der Waals surface area (Å²) >= 11 is 0. The van der Waals surface area contributed by atoms with Crippen LogP contribution in [0.25, 0.3) is 10.8 Å². The molecule has 4 nitrogen and oxygen atoms in total. The normalized spacial score (nSPS) is 12.3. The van der Waals surface area contributed by atoms with E-state index in [1.165, 1.54) is 0 Å². The molecule has 1 unspecified atom stereocenters. The van der Waals surface area contributed by atoms with Crippen LogP contribution in [0, 0.1) is 0 Å². The number of aliphatic hydroxyl groups excluding tert-OH is 1. The number of aliphatic hydroxyl groups is 1. The molecule has 18 heavy (non-hydrogen) atoms. The molecule has 0 aromatic heterocycles. The number of anilines is 1. The third-order valence-corrected chi connectivity index (χ3v) is 2.72. The minimum Gasteiger partial charge on any atom is -0.398 e. The van der Waals surface area contributed by atoms with Crippen LogP contribution in [0.4, 0.5) is 5.69 Å². The summed E-state index contributed by atoms with van der Waals surface area (Å²) < 4.78 is 0. The molecule has 2 rings (SSSR count). The van der Waals surface area contributed by atoms with Gasteiger partial charge in [0.1, 0.15) is 0 Å². The molecule has 0 heterocycles. The van der Waals surface area contributed by atoms with E-state index in [1.807, 2.05) is 24.3 Å². The number of carbonyl (C=O) groups is 1. The monoisotopic (exact) mass is 244 g/mol. The van der Waals surface area contributed by atoms with E-state index in [-0.39, 0.29) is 12.5 Å². The second-order valence-corrected chi connectivity index (χ2v) is 4.35. The smallest absolute Gasteiger partial charge is 0.253 e. The Hall–Kier alpha value is -2.07. The summed E-state index contributed by atoms with van der Waals surface area (Å²) in [7, 11) is 0. The number of amides is 1. The topological polar surface area (TPSA) is 75.3 Å². The fourth-order valence-corrected chi connectivity index (χ4v) is 1.79. The Morgan fingerprint density at radius 3 is 2.56 bits per heavy atom. The van der Waals surface area contributed by atoms with E-state index in [9.17, 15) is 4.79 Å². The highest BCUT2D eigenvalue weighted by Crippen LogP contribution is 2.21. The zero-order valence-corrected chi connectivity index (χ0v) is 10.2. The molecule has 0 bridgehead atoms. The third-order valence-electron chi connectivity index (χ3n) is 2.72. The van der Waals surface area contributed by atoms with Crippen molar-refractivity contribution in [1.29, 1.82) is 0 Å².